The van der Waals surface area contributed by atoms with Gasteiger partial charge in [0.1, 0.15) is 0 Å². The zero-order chi connectivity index (χ0) is 12.4. The summed E-state index contributed by atoms with van der Waals surface area (Å²) in [5.41, 5.74) is 0.138. The molecule has 0 radical (unpaired) electrons. The van der Waals surface area contributed by atoms with E-state index in [1.165, 1.54) is 12.8 Å². The first kappa shape index (κ1) is 11.5. The zero-order valence-corrected chi connectivity index (χ0v) is 10.4. The lowest BCUT2D eigenvalue weighted by Crippen LogP contribution is -2.34. The first-order valence-corrected chi connectivity index (χ1v) is 6.63. The fraction of sp³-hybridized carbons (Fsp3) is 0.400. The number of nitrogens with one attached hydrogen (secondary N) is 1. The fourth-order valence-corrected chi connectivity index (χ4v) is 2.73. The molecule has 0 aliphatic carbocycles. The molecule has 1 saturated heterocycles. The molecule has 1 aliphatic rings. The molecule has 18 heavy (non-hydrogen) atoms. The van der Waals surface area contributed by atoms with E-state index in [1.54, 1.807) is 0 Å². The van der Waals surface area contributed by atoms with Crippen molar-refractivity contribution in [1.29, 1.82) is 0 Å². The van der Waals surface area contributed by atoms with Crippen LogP contribution in [0, 0.1) is 5.92 Å². The molecule has 0 saturated carbocycles. The van der Waals surface area contributed by atoms with Crippen LogP contribution in [-0.4, -0.2) is 17.7 Å². The molecule has 0 bridgehead atoms. The second-order valence-corrected chi connectivity index (χ2v) is 5.07. The highest BCUT2D eigenvalue weighted by atomic mass is 16.1. The van der Waals surface area contributed by atoms with E-state index in [0.29, 0.717) is 5.92 Å². The summed E-state index contributed by atoms with van der Waals surface area (Å²) in [6, 6.07) is 9.83. The third-order valence-corrected chi connectivity index (χ3v) is 3.74. The van der Waals surface area contributed by atoms with Crippen LogP contribution in [0.1, 0.15) is 12.8 Å². The molecule has 1 aliphatic heterocycles. The van der Waals surface area contributed by atoms with Crippen LogP contribution >= 0.6 is 0 Å². The maximum absolute atomic E-state index is 12.3. The number of benzene rings is 1. The first-order chi connectivity index (χ1) is 8.84. The molecule has 1 atom stereocenters. The minimum atomic E-state index is 0.138. The van der Waals surface area contributed by atoms with Gasteiger partial charge in [0.05, 0.1) is 0 Å². The highest BCUT2D eigenvalue weighted by Crippen LogP contribution is 2.13. The van der Waals surface area contributed by atoms with Crippen LogP contribution in [0.4, 0.5) is 0 Å². The van der Waals surface area contributed by atoms with Crippen molar-refractivity contribution in [3.05, 3.63) is 46.9 Å². The van der Waals surface area contributed by atoms with E-state index in [9.17, 15) is 4.79 Å². The van der Waals surface area contributed by atoms with Crippen LogP contribution in [-0.2, 0) is 6.54 Å². The number of rotatable bonds is 2. The quantitative estimate of drug-likeness (QED) is 0.874. The van der Waals surface area contributed by atoms with Gasteiger partial charge in [0.25, 0.3) is 5.56 Å². The molecule has 2 heterocycles. The average Bonchev–Trinajstić information content (AvgIpc) is 2.43. The van der Waals surface area contributed by atoms with Gasteiger partial charge in [0.2, 0.25) is 0 Å². The van der Waals surface area contributed by atoms with E-state index in [1.807, 2.05) is 41.1 Å². The molecule has 1 aromatic carbocycles. The summed E-state index contributed by atoms with van der Waals surface area (Å²) < 4.78 is 1.86. The highest BCUT2D eigenvalue weighted by molar-refractivity contribution is 5.81. The Morgan fingerprint density at radius 2 is 2.17 bits per heavy atom. The molecular formula is C15H18N2O. The van der Waals surface area contributed by atoms with Crippen molar-refractivity contribution in [3.8, 4) is 0 Å². The standard InChI is InChI=1S/C15H18N2O/c18-15-14-6-2-1-5-13(14)7-9-17(15)11-12-4-3-8-16-10-12/h1-2,5-7,9,12,16H,3-4,8,10-11H2/t12-/m1/s1. The molecule has 1 fully saturated rings. The third-order valence-electron chi connectivity index (χ3n) is 3.74. The fourth-order valence-electron chi connectivity index (χ4n) is 2.73. The molecule has 0 spiro atoms. The van der Waals surface area contributed by atoms with Crippen LogP contribution in [0.25, 0.3) is 10.8 Å². The van der Waals surface area contributed by atoms with Gasteiger partial charge in [-0.1, -0.05) is 18.2 Å². The van der Waals surface area contributed by atoms with E-state index in [0.717, 1.165) is 30.4 Å². The summed E-state index contributed by atoms with van der Waals surface area (Å²) >= 11 is 0. The van der Waals surface area contributed by atoms with Crippen molar-refractivity contribution in [3.63, 3.8) is 0 Å². The maximum atomic E-state index is 12.3. The maximum Gasteiger partial charge on any atom is 0.258 e. The largest absolute Gasteiger partial charge is 0.316 e. The van der Waals surface area contributed by atoms with Gasteiger partial charge >= 0.3 is 0 Å². The second-order valence-electron chi connectivity index (χ2n) is 5.07. The summed E-state index contributed by atoms with van der Waals surface area (Å²) in [4.78, 5) is 12.3. The summed E-state index contributed by atoms with van der Waals surface area (Å²) in [5, 5.41) is 5.25. The van der Waals surface area contributed by atoms with E-state index >= 15 is 0 Å². The molecule has 94 valence electrons. The Kier molecular flexibility index (Phi) is 3.15. The minimum absolute atomic E-state index is 0.138. The Bertz CT molecular complexity index is 597. The Hall–Kier alpha value is -1.61. The number of aromatic nitrogens is 1. The van der Waals surface area contributed by atoms with Crippen LogP contribution in [0.5, 0.6) is 0 Å². The van der Waals surface area contributed by atoms with Gasteiger partial charge in [-0.25, -0.2) is 0 Å². The van der Waals surface area contributed by atoms with Gasteiger partial charge in [-0.3, -0.25) is 4.79 Å². The van der Waals surface area contributed by atoms with Crippen LogP contribution < -0.4 is 10.9 Å². The third kappa shape index (κ3) is 2.18. The minimum Gasteiger partial charge on any atom is -0.316 e. The van der Waals surface area contributed by atoms with Gasteiger partial charge in [0.15, 0.2) is 0 Å². The van der Waals surface area contributed by atoms with E-state index in [4.69, 9.17) is 0 Å². The van der Waals surface area contributed by atoms with Crippen molar-refractivity contribution < 1.29 is 0 Å². The second kappa shape index (κ2) is 4.94. The Morgan fingerprint density at radius 1 is 1.28 bits per heavy atom. The van der Waals surface area contributed by atoms with E-state index in [-0.39, 0.29) is 5.56 Å². The number of fused-ring (bicyclic) bond motifs is 1. The van der Waals surface area contributed by atoms with Crippen LogP contribution in [0.2, 0.25) is 0 Å². The smallest absolute Gasteiger partial charge is 0.258 e. The van der Waals surface area contributed by atoms with Crippen molar-refractivity contribution in [2.75, 3.05) is 13.1 Å². The molecule has 1 aromatic heterocycles. The van der Waals surface area contributed by atoms with Crippen molar-refractivity contribution in [1.82, 2.24) is 9.88 Å². The SMILES string of the molecule is O=c1c2ccccc2ccn1C[C@@H]1CCCNC1. The number of pyridine rings is 1. The lowest BCUT2D eigenvalue weighted by atomic mass is 9.99. The van der Waals surface area contributed by atoms with Crippen molar-refractivity contribution in [2.24, 2.45) is 5.92 Å². The van der Waals surface area contributed by atoms with Crippen LogP contribution in [0.3, 0.4) is 0 Å². The normalized spacial score (nSPS) is 20.1. The summed E-state index contributed by atoms with van der Waals surface area (Å²) in [6.45, 7) is 2.97. The molecular weight excluding hydrogens is 224 g/mol. The lowest BCUT2D eigenvalue weighted by molar-refractivity contribution is 0.334. The number of hydrogen-bond acceptors (Lipinski definition) is 2. The van der Waals surface area contributed by atoms with Gasteiger partial charge in [-0.2, -0.15) is 0 Å². The number of hydrogen-bond donors (Lipinski definition) is 1. The molecule has 2 aromatic rings. The molecule has 3 heteroatoms. The average molecular weight is 242 g/mol. The molecule has 0 unspecified atom stereocenters. The van der Waals surface area contributed by atoms with Gasteiger partial charge < -0.3 is 9.88 Å². The Balaban J connectivity index is 1.92. The highest BCUT2D eigenvalue weighted by Gasteiger charge is 2.14. The molecule has 3 rings (SSSR count). The summed E-state index contributed by atoms with van der Waals surface area (Å²) in [6.07, 6.45) is 4.36. The molecule has 3 nitrogen and oxygen atoms in total. The van der Waals surface area contributed by atoms with Gasteiger partial charge in [0, 0.05) is 18.1 Å². The zero-order valence-electron chi connectivity index (χ0n) is 10.4. The van der Waals surface area contributed by atoms with Crippen molar-refractivity contribution >= 4 is 10.8 Å². The van der Waals surface area contributed by atoms with E-state index < -0.39 is 0 Å². The van der Waals surface area contributed by atoms with E-state index in [2.05, 4.69) is 5.32 Å². The Labute approximate surface area is 106 Å². The topological polar surface area (TPSA) is 34.0 Å². The Morgan fingerprint density at radius 3 is 3.00 bits per heavy atom. The molecule has 1 N–H and O–H groups in total. The number of piperidine rings is 1. The first-order valence-electron chi connectivity index (χ1n) is 6.63. The monoisotopic (exact) mass is 242 g/mol. The number of nitrogens with zero attached hydrogens (tertiary/aromatic N) is 1. The van der Waals surface area contributed by atoms with Gasteiger partial charge in [-0.15, -0.1) is 0 Å². The summed E-state index contributed by atoms with van der Waals surface area (Å²) in [5.74, 6) is 0.581. The van der Waals surface area contributed by atoms with Gasteiger partial charge in [-0.05, 0) is 49.4 Å². The lowest BCUT2D eigenvalue weighted by Gasteiger charge is -2.23. The summed E-state index contributed by atoms with van der Waals surface area (Å²) in [7, 11) is 0. The van der Waals surface area contributed by atoms with Crippen LogP contribution in [0.15, 0.2) is 41.3 Å². The van der Waals surface area contributed by atoms with Crippen molar-refractivity contribution in [2.45, 2.75) is 19.4 Å². The predicted octanol–water partition coefficient (Wildman–Crippen LogP) is 2.00. The molecule has 0 amide bonds. The predicted molar refractivity (Wildman–Crippen MR) is 73.8 cm³/mol.